The third-order valence-corrected chi connectivity index (χ3v) is 5.81. The first kappa shape index (κ1) is 12.6. The summed E-state index contributed by atoms with van der Waals surface area (Å²) in [6.07, 6.45) is 2.46. The number of nitrogens with two attached hydrogens (primary N) is 1. The van der Waals surface area contributed by atoms with Crippen molar-refractivity contribution in [1.82, 2.24) is 4.37 Å². The molecule has 0 bridgehead atoms. The van der Waals surface area contributed by atoms with E-state index in [9.17, 15) is 8.42 Å². The number of rotatable bonds is 5. The van der Waals surface area contributed by atoms with Crippen LogP contribution < -0.4 is 10.6 Å². The molecule has 0 atom stereocenters. The maximum Gasteiger partial charge on any atom is 0.184 e. The van der Waals surface area contributed by atoms with E-state index in [4.69, 9.17) is 5.73 Å². The van der Waals surface area contributed by atoms with Gasteiger partial charge in [-0.15, -0.1) is 0 Å². The molecule has 0 aromatic carbocycles. The SMILES string of the molecule is CCS(=O)(=O)c1c(N)nsc1N(C)CC1CC1. The summed E-state index contributed by atoms with van der Waals surface area (Å²) in [5.74, 6) is 0.884. The molecule has 2 N–H and O–H groups in total. The van der Waals surface area contributed by atoms with Gasteiger partial charge >= 0.3 is 0 Å². The fourth-order valence-corrected chi connectivity index (χ4v) is 4.04. The van der Waals surface area contributed by atoms with Gasteiger partial charge in [0.25, 0.3) is 0 Å². The molecule has 1 aliphatic carbocycles. The van der Waals surface area contributed by atoms with Crippen LogP contribution in [0.5, 0.6) is 0 Å². The summed E-state index contributed by atoms with van der Waals surface area (Å²) in [4.78, 5) is 2.18. The Bertz CT molecular complexity index is 506. The number of hydrogen-bond acceptors (Lipinski definition) is 6. The Balaban J connectivity index is 2.34. The third-order valence-electron chi connectivity index (χ3n) is 2.92. The summed E-state index contributed by atoms with van der Waals surface area (Å²) in [5, 5.41) is 0.677. The highest BCUT2D eigenvalue weighted by Crippen LogP contribution is 2.37. The van der Waals surface area contributed by atoms with Gasteiger partial charge in [0.2, 0.25) is 0 Å². The quantitative estimate of drug-likeness (QED) is 0.878. The van der Waals surface area contributed by atoms with Gasteiger partial charge in [0.1, 0.15) is 9.90 Å². The molecule has 96 valence electrons. The average Bonchev–Trinajstić information content (AvgIpc) is 2.98. The highest BCUT2D eigenvalue weighted by atomic mass is 32.2. The van der Waals surface area contributed by atoms with Crippen LogP contribution in [0.1, 0.15) is 19.8 Å². The maximum absolute atomic E-state index is 12.0. The van der Waals surface area contributed by atoms with E-state index in [1.165, 1.54) is 24.4 Å². The molecule has 17 heavy (non-hydrogen) atoms. The zero-order chi connectivity index (χ0) is 12.6. The van der Waals surface area contributed by atoms with E-state index in [1.807, 2.05) is 11.9 Å². The van der Waals surface area contributed by atoms with Gasteiger partial charge in [0, 0.05) is 13.6 Å². The molecule has 0 radical (unpaired) electrons. The van der Waals surface area contributed by atoms with Gasteiger partial charge in [0.15, 0.2) is 15.7 Å². The zero-order valence-corrected chi connectivity index (χ0v) is 11.6. The van der Waals surface area contributed by atoms with E-state index in [-0.39, 0.29) is 16.5 Å². The van der Waals surface area contributed by atoms with Crippen molar-refractivity contribution in [3.63, 3.8) is 0 Å². The second-order valence-corrected chi connectivity index (χ2v) is 7.40. The molecule has 1 aromatic heterocycles. The smallest absolute Gasteiger partial charge is 0.184 e. The minimum atomic E-state index is -3.30. The van der Waals surface area contributed by atoms with E-state index in [1.54, 1.807) is 6.92 Å². The Hall–Kier alpha value is -0.820. The van der Waals surface area contributed by atoms with E-state index in [0.717, 1.165) is 6.54 Å². The Labute approximate surface area is 106 Å². The second kappa shape index (κ2) is 4.45. The van der Waals surface area contributed by atoms with Crippen molar-refractivity contribution in [1.29, 1.82) is 0 Å². The summed E-state index contributed by atoms with van der Waals surface area (Å²) >= 11 is 1.17. The molecule has 2 rings (SSSR count). The van der Waals surface area contributed by atoms with Gasteiger partial charge in [-0.05, 0) is 30.3 Å². The first-order valence-electron chi connectivity index (χ1n) is 5.64. The fourth-order valence-electron chi connectivity index (χ4n) is 1.74. The summed E-state index contributed by atoms with van der Waals surface area (Å²) in [6.45, 7) is 2.50. The summed E-state index contributed by atoms with van der Waals surface area (Å²) in [7, 11) is -1.39. The second-order valence-electron chi connectivity index (χ2n) is 4.43. The lowest BCUT2D eigenvalue weighted by atomic mass is 10.4. The highest BCUT2D eigenvalue weighted by Gasteiger charge is 2.29. The van der Waals surface area contributed by atoms with Crippen molar-refractivity contribution in [2.24, 2.45) is 5.92 Å². The van der Waals surface area contributed by atoms with E-state index < -0.39 is 9.84 Å². The molecule has 7 heteroatoms. The van der Waals surface area contributed by atoms with Crippen LogP contribution >= 0.6 is 11.5 Å². The van der Waals surface area contributed by atoms with Crippen LogP contribution in [0.2, 0.25) is 0 Å². The minimum Gasteiger partial charge on any atom is -0.382 e. The van der Waals surface area contributed by atoms with E-state index in [2.05, 4.69) is 4.37 Å². The summed E-state index contributed by atoms with van der Waals surface area (Å²) in [5.41, 5.74) is 5.68. The molecule has 0 aliphatic heterocycles. The van der Waals surface area contributed by atoms with Crippen LogP contribution in [-0.4, -0.2) is 32.1 Å². The van der Waals surface area contributed by atoms with Gasteiger partial charge in [0.05, 0.1) is 5.75 Å². The number of anilines is 2. The van der Waals surface area contributed by atoms with Crippen molar-refractivity contribution in [3.8, 4) is 0 Å². The van der Waals surface area contributed by atoms with Gasteiger partial charge < -0.3 is 10.6 Å². The van der Waals surface area contributed by atoms with Crippen LogP contribution in [-0.2, 0) is 9.84 Å². The van der Waals surface area contributed by atoms with Gasteiger partial charge in [-0.1, -0.05) is 6.92 Å². The molecule has 5 nitrogen and oxygen atoms in total. The van der Waals surface area contributed by atoms with Crippen molar-refractivity contribution < 1.29 is 8.42 Å². The number of nitrogen functional groups attached to an aromatic ring is 1. The minimum absolute atomic E-state index is 0.0554. The summed E-state index contributed by atoms with van der Waals surface area (Å²) < 4.78 is 27.9. The number of hydrogen-bond donors (Lipinski definition) is 1. The normalized spacial score (nSPS) is 16.1. The first-order chi connectivity index (χ1) is 7.95. The van der Waals surface area contributed by atoms with Gasteiger partial charge in [-0.3, -0.25) is 0 Å². The average molecular weight is 275 g/mol. The van der Waals surface area contributed by atoms with Crippen molar-refractivity contribution >= 4 is 32.2 Å². The van der Waals surface area contributed by atoms with Crippen LogP contribution in [0.15, 0.2) is 4.90 Å². The lowest BCUT2D eigenvalue weighted by molar-refractivity contribution is 0.597. The van der Waals surface area contributed by atoms with Crippen LogP contribution in [0.3, 0.4) is 0 Å². The lowest BCUT2D eigenvalue weighted by Crippen LogP contribution is -2.21. The molecule has 1 aromatic rings. The monoisotopic (exact) mass is 275 g/mol. The van der Waals surface area contributed by atoms with Gasteiger partial charge in [-0.2, -0.15) is 4.37 Å². The maximum atomic E-state index is 12.0. The third kappa shape index (κ3) is 2.55. The molecule has 1 heterocycles. The highest BCUT2D eigenvalue weighted by molar-refractivity contribution is 7.91. The number of nitrogens with zero attached hydrogens (tertiary/aromatic N) is 2. The molecule has 1 aliphatic rings. The molecular formula is C10H17N3O2S2. The lowest BCUT2D eigenvalue weighted by Gasteiger charge is -2.17. The number of sulfone groups is 1. The molecule has 1 saturated carbocycles. The van der Waals surface area contributed by atoms with Crippen molar-refractivity contribution in [2.75, 3.05) is 30.0 Å². The van der Waals surface area contributed by atoms with Crippen LogP contribution in [0.25, 0.3) is 0 Å². The zero-order valence-electron chi connectivity index (χ0n) is 10.0. The van der Waals surface area contributed by atoms with Crippen LogP contribution in [0, 0.1) is 5.92 Å². The van der Waals surface area contributed by atoms with Gasteiger partial charge in [-0.25, -0.2) is 8.42 Å². The van der Waals surface area contributed by atoms with Crippen molar-refractivity contribution in [2.45, 2.75) is 24.7 Å². The molecule has 0 unspecified atom stereocenters. The molecule has 0 saturated heterocycles. The Morgan fingerprint density at radius 3 is 2.71 bits per heavy atom. The largest absolute Gasteiger partial charge is 0.382 e. The van der Waals surface area contributed by atoms with E-state index in [0.29, 0.717) is 10.9 Å². The summed E-state index contributed by atoms with van der Waals surface area (Å²) in [6, 6.07) is 0. The molecule has 1 fully saturated rings. The Morgan fingerprint density at radius 1 is 1.53 bits per heavy atom. The van der Waals surface area contributed by atoms with Crippen molar-refractivity contribution in [3.05, 3.63) is 0 Å². The molecule has 0 spiro atoms. The predicted molar refractivity (Wildman–Crippen MR) is 70.2 cm³/mol. The van der Waals surface area contributed by atoms with Crippen LogP contribution in [0.4, 0.5) is 10.8 Å². The molecular weight excluding hydrogens is 258 g/mol. The topological polar surface area (TPSA) is 76.3 Å². The molecule has 0 amide bonds. The van der Waals surface area contributed by atoms with E-state index >= 15 is 0 Å². The number of aromatic nitrogens is 1. The fraction of sp³-hybridized carbons (Fsp3) is 0.700. The standard InChI is InChI=1S/C10H17N3O2S2/c1-3-17(14,15)8-9(11)12-16-10(8)13(2)6-7-4-5-7/h7H,3-6H2,1-2H3,(H2,11,12). The Kier molecular flexibility index (Phi) is 3.31. The predicted octanol–water partition coefficient (Wildman–Crippen LogP) is 1.37. The Morgan fingerprint density at radius 2 is 2.18 bits per heavy atom. The first-order valence-corrected chi connectivity index (χ1v) is 8.07.